The Morgan fingerprint density at radius 2 is 1.84 bits per heavy atom. The van der Waals surface area contributed by atoms with Crippen molar-refractivity contribution in [3.05, 3.63) is 0 Å². The lowest BCUT2D eigenvalue weighted by molar-refractivity contribution is 0.0758. The molecule has 0 saturated heterocycles. The Bertz CT molecular complexity index is 309. The molecule has 1 atom stereocenters. The quantitative estimate of drug-likeness (QED) is 0.495. The highest BCUT2D eigenvalue weighted by Crippen LogP contribution is 1.98. The van der Waals surface area contributed by atoms with Gasteiger partial charge >= 0.3 is 0 Å². The molecule has 0 bridgehead atoms. The van der Waals surface area contributed by atoms with E-state index in [1.54, 1.807) is 14.2 Å². The fraction of sp³-hybridized carbons (Fsp3) is 1.00. The van der Waals surface area contributed by atoms with E-state index in [4.69, 9.17) is 9.47 Å². The molecule has 0 radical (unpaired) electrons. The van der Waals surface area contributed by atoms with Gasteiger partial charge in [-0.2, -0.15) is 0 Å². The number of nitrogens with zero attached hydrogens (tertiary/aromatic N) is 1. The second-order valence-corrected chi connectivity index (χ2v) is 6.97. The van der Waals surface area contributed by atoms with Gasteiger partial charge in [0.15, 0.2) is 0 Å². The van der Waals surface area contributed by atoms with Gasteiger partial charge in [0.2, 0.25) is 0 Å². The fourth-order valence-electron chi connectivity index (χ4n) is 1.71. The van der Waals surface area contributed by atoms with Crippen molar-refractivity contribution in [1.29, 1.82) is 0 Å². The van der Waals surface area contributed by atoms with E-state index in [-0.39, 0.29) is 5.75 Å². The fourth-order valence-corrected chi connectivity index (χ4v) is 2.23. The molecule has 116 valence electrons. The molecule has 0 aliphatic heterocycles. The number of methoxy groups -OCH3 is 2. The summed E-state index contributed by atoms with van der Waals surface area (Å²) in [6.07, 6.45) is 1.25. The summed E-state index contributed by atoms with van der Waals surface area (Å²) < 4.78 is 32.2. The van der Waals surface area contributed by atoms with Crippen LogP contribution in [0.1, 0.15) is 6.92 Å². The zero-order valence-electron chi connectivity index (χ0n) is 12.5. The summed E-state index contributed by atoms with van der Waals surface area (Å²) in [4.78, 5) is 2.26. The molecule has 0 aromatic carbocycles. The summed E-state index contributed by atoms with van der Waals surface area (Å²) in [7, 11) is 0.494. The second-order valence-electron chi connectivity index (χ2n) is 4.71. The van der Waals surface area contributed by atoms with Gasteiger partial charge in [-0.15, -0.1) is 0 Å². The van der Waals surface area contributed by atoms with Crippen LogP contribution in [0.25, 0.3) is 0 Å². The molecule has 0 heterocycles. The van der Waals surface area contributed by atoms with E-state index in [2.05, 4.69) is 17.1 Å². The summed E-state index contributed by atoms with van der Waals surface area (Å²) in [6.45, 7) is 6.40. The molecule has 0 aliphatic carbocycles. The SMILES string of the molecule is COCCN(CCNCCS(C)(=O)=O)C(C)COC. The number of sulfone groups is 1. The van der Waals surface area contributed by atoms with Gasteiger partial charge in [0, 0.05) is 52.7 Å². The maximum Gasteiger partial charge on any atom is 0.148 e. The first kappa shape index (κ1) is 18.8. The molecular formula is C12H28N2O4S. The van der Waals surface area contributed by atoms with Crippen molar-refractivity contribution >= 4 is 9.84 Å². The van der Waals surface area contributed by atoms with Crippen molar-refractivity contribution in [2.45, 2.75) is 13.0 Å². The van der Waals surface area contributed by atoms with Gasteiger partial charge in [-0.05, 0) is 6.92 Å². The molecule has 0 saturated carbocycles. The van der Waals surface area contributed by atoms with Crippen molar-refractivity contribution in [3.8, 4) is 0 Å². The third-order valence-electron chi connectivity index (χ3n) is 2.84. The highest BCUT2D eigenvalue weighted by Gasteiger charge is 2.12. The molecule has 7 heteroatoms. The van der Waals surface area contributed by atoms with Crippen LogP contribution in [0.3, 0.4) is 0 Å². The van der Waals surface area contributed by atoms with Gasteiger partial charge in [0.1, 0.15) is 9.84 Å². The van der Waals surface area contributed by atoms with Crippen LogP contribution in [0, 0.1) is 0 Å². The number of nitrogens with one attached hydrogen (secondary N) is 1. The minimum absolute atomic E-state index is 0.179. The van der Waals surface area contributed by atoms with Gasteiger partial charge in [0.25, 0.3) is 0 Å². The average molecular weight is 296 g/mol. The molecule has 1 N–H and O–H groups in total. The van der Waals surface area contributed by atoms with Crippen molar-refractivity contribution in [1.82, 2.24) is 10.2 Å². The monoisotopic (exact) mass is 296 g/mol. The molecule has 0 fully saturated rings. The smallest absolute Gasteiger partial charge is 0.148 e. The first-order valence-electron chi connectivity index (χ1n) is 6.51. The van der Waals surface area contributed by atoms with Gasteiger partial charge in [0.05, 0.1) is 19.0 Å². The number of hydrogen-bond donors (Lipinski definition) is 1. The largest absolute Gasteiger partial charge is 0.383 e. The zero-order chi connectivity index (χ0) is 14.7. The standard InChI is InChI=1S/C12H28N2O4S/c1-12(11-18-3)14(8-9-17-2)7-5-13-6-10-19(4,15)16/h12-13H,5-11H2,1-4H3. The van der Waals surface area contributed by atoms with Gasteiger partial charge < -0.3 is 14.8 Å². The van der Waals surface area contributed by atoms with Gasteiger partial charge in [-0.1, -0.05) is 0 Å². The normalized spacial score (nSPS) is 13.9. The number of hydrogen-bond acceptors (Lipinski definition) is 6. The Labute approximate surface area is 117 Å². The topological polar surface area (TPSA) is 67.9 Å². The lowest BCUT2D eigenvalue weighted by Crippen LogP contribution is -2.42. The Balaban J connectivity index is 3.91. The summed E-state index contributed by atoms with van der Waals surface area (Å²) in [5.74, 6) is 0.179. The predicted octanol–water partition coefficient (Wildman–Crippen LogP) is -0.396. The molecule has 0 aromatic rings. The Hall–Kier alpha value is -0.210. The van der Waals surface area contributed by atoms with E-state index < -0.39 is 9.84 Å². The molecule has 0 aliphatic rings. The maximum absolute atomic E-state index is 11.0. The highest BCUT2D eigenvalue weighted by molar-refractivity contribution is 7.90. The molecule has 0 rings (SSSR count). The summed E-state index contributed by atoms with van der Waals surface area (Å²) in [5, 5.41) is 3.14. The van der Waals surface area contributed by atoms with Gasteiger partial charge in [-0.3, -0.25) is 4.90 Å². The molecule has 1 unspecified atom stereocenters. The van der Waals surface area contributed by atoms with Crippen molar-refractivity contribution < 1.29 is 17.9 Å². The van der Waals surface area contributed by atoms with Crippen molar-refractivity contribution in [2.75, 3.05) is 65.6 Å². The molecule has 0 amide bonds. The summed E-state index contributed by atoms with van der Waals surface area (Å²) in [6, 6.07) is 0.317. The zero-order valence-corrected chi connectivity index (χ0v) is 13.3. The van der Waals surface area contributed by atoms with Crippen LogP contribution in [-0.4, -0.2) is 85.0 Å². The molecule has 19 heavy (non-hydrogen) atoms. The van der Waals surface area contributed by atoms with Crippen LogP contribution in [0.15, 0.2) is 0 Å². The Morgan fingerprint density at radius 1 is 1.16 bits per heavy atom. The van der Waals surface area contributed by atoms with E-state index in [1.165, 1.54) is 6.26 Å². The van der Waals surface area contributed by atoms with Crippen LogP contribution in [0.4, 0.5) is 0 Å². The molecular weight excluding hydrogens is 268 g/mol. The van der Waals surface area contributed by atoms with Crippen LogP contribution < -0.4 is 5.32 Å². The van der Waals surface area contributed by atoms with E-state index in [0.717, 1.165) is 19.6 Å². The second kappa shape index (κ2) is 10.6. The highest BCUT2D eigenvalue weighted by atomic mass is 32.2. The molecule has 0 spiro atoms. The molecule has 6 nitrogen and oxygen atoms in total. The van der Waals surface area contributed by atoms with Crippen LogP contribution in [0.2, 0.25) is 0 Å². The Kier molecular flexibility index (Phi) is 10.4. The third kappa shape index (κ3) is 11.3. The predicted molar refractivity (Wildman–Crippen MR) is 77.4 cm³/mol. The van der Waals surface area contributed by atoms with Crippen molar-refractivity contribution in [3.63, 3.8) is 0 Å². The van der Waals surface area contributed by atoms with E-state index in [0.29, 0.717) is 25.8 Å². The minimum atomic E-state index is -2.88. The van der Waals surface area contributed by atoms with Crippen molar-refractivity contribution in [2.24, 2.45) is 0 Å². The first-order chi connectivity index (χ1) is 8.90. The number of rotatable bonds is 12. The Morgan fingerprint density at radius 3 is 2.37 bits per heavy atom. The van der Waals surface area contributed by atoms with E-state index in [1.807, 2.05) is 0 Å². The first-order valence-corrected chi connectivity index (χ1v) is 8.57. The van der Waals surface area contributed by atoms with Gasteiger partial charge in [-0.25, -0.2) is 8.42 Å². The summed E-state index contributed by atoms with van der Waals surface area (Å²) in [5.41, 5.74) is 0. The number of ether oxygens (including phenoxy) is 2. The van der Waals surface area contributed by atoms with Crippen LogP contribution in [-0.2, 0) is 19.3 Å². The third-order valence-corrected chi connectivity index (χ3v) is 3.78. The van der Waals surface area contributed by atoms with Crippen LogP contribution in [0.5, 0.6) is 0 Å². The minimum Gasteiger partial charge on any atom is -0.383 e. The van der Waals surface area contributed by atoms with E-state index >= 15 is 0 Å². The lowest BCUT2D eigenvalue weighted by Gasteiger charge is -2.28. The average Bonchev–Trinajstić information content (AvgIpc) is 2.31. The molecule has 0 aromatic heterocycles. The van der Waals surface area contributed by atoms with Crippen LogP contribution >= 0.6 is 0 Å². The van der Waals surface area contributed by atoms with E-state index in [9.17, 15) is 8.42 Å². The summed E-state index contributed by atoms with van der Waals surface area (Å²) >= 11 is 0. The lowest BCUT2D eigenvalue weighted by atomic mass is 10.3. The maximum atomic E-state index is 11.0.